The molecule has 182 valence electrons. The molecule has 16 nitrogen and oxygen atoms in total. The first-order valence-corrected chi connectivity index (χ1v) is 11.0. The Hall–Kier alpha value is -2.72. The zero-order valence-electron chi connectivity index (χ0n) is 17.5. The second kappa shape index (κ2) is 10.0. The number of nitrogen functional groups attached to an aromatic ring is 1. The Morgan fingerprint density at radius 1 is 1.27 bits per heavy atom. The van der Waals surface area contributed by atoms with Gasteiger partial charge in [-0.1, -0.05) is 0 Å². The minimum absolute atomic E-state index is 0.103. The number of rotatable bonds is 9. The first-order chi connectivity index (χ1) is 15.6. The van der Waals surface area contributed by atoms with E-state index < -0.39 is 63.3 Å². The molecule has 3 rings (SSSR count). The normalized spacial score (nSPS) is 25.5. The Morgan fingerprint density at radius 3 is 2.67 bits per heavy atom. The van der Waals surface area contributed by atoms with Crippen LogP contribution in [0.25, 0.3) is 11.2 Å². The predicted molar refractivity (Wildman–Crippen MR) is 107 cm³/mol. The number of methoxy groups -OCH3 is 2. The van der Waals surface area contributed by atoms with Gasteiger partial charge in [0.15, 0.2) is 17.7 Å². The first-order valence-electron chi connectivity index (χ1n) is 9.42. The highest BCUT2D eigenvalue weighted by atomic mass is 31.2. The summed E-state index contributed by atoms with van der Waals surface area (Å²) in [6, 6.07) is -1.53. The summed E-state index contributed by atoms with van der Waals surface area (Å²) in [4.78, 5) is 45.2. The SMILES string of the molecule is COC(=O)C[C@H](NP(=O)(O)OC[C@@H]1O[C@H](n2cnc3c(N)ncnc32)[C@H](O)[C@H]1O)C(=O)OC. The summed E-state index contributed by atoms with van der Waals surface area (Å²) < 4.78 is 33.2. The first kappa shape index (κ1) is 24.9. The van der Waals surface area contributed by atoms with Crippen LogP contribution in [-0.4, -0.2) is 91.7 Å². The third-order valence-corrected chi connectivity index (χ3v) is 5.95. The number of nitrogens with two attached hydrogens (primary N) is 1. The molecule has 17 heteroatoms. The molecule has 0 spiro atoms. The van der Waals surface area contributed by atoms with E-state index in [2.05, 4.69) is 24.4 Å². The fourth-order valence-corrected chi connectivity index (χ4v) is 4.15. The van der Waals surface area contributed by atoms with E-state index in [9.17, 15) is 29.3 Å². The van der Waals surface area contributed by atoms with E-state index in [0.29, 0.717) is 0 Å². The van der Waals surface area contributed by atoms with Crippen LogP contribution in [0, 0.1) is 0 Å². The highest BCUT2D eigenvalue weighted by Crippen LogP contribution is 2.40. The zero-order chi connectivity index (χ0) is 24.3. The third-order valence-electron chi connectivity index (χ3n) is 4.82. The maximum Gasteiger partial charge on any atom is 0.403 e. The van der Waals surface area contributed by atoms with Crippen molar-refractivity contribution in [3.05, 3.63) is 12.7 Å². The predicted octanol–water partition coefficient (Wildman–Crippen LogP) is -2.16. The number of hydrogen-bond donors (Lipinski definition) is 5. The van der Waals surface area contributed by atoms with Gasteiger partial charge < -0.3 is 35.1 Å². The van der Waals surface area contributed by atoms with Crippen LogP contribution < -0.4 is 10.8 Å². The van der Waals surface area contributed by atoms with Crippen LogP contribution in [0.4, 0.5) is 5.82 Å². The topological polar surface area (TPSA) is 230 Å². The molecule has 0 bridgehead atoms. The maximum atomic E-state index is 12.4. The van der Waals surface area contributed by atoms with Gasteiger partial charge in [-0.15, -0.1) is 0 Å². The number of fused-ring (bicyclic) bond motifs is 1. The van der Waals surface area contributed by atoms with Crippen molar-refractivity contribution in [1.82, 2.24) is 24.6 Å². The maximum absolute atomic E-state index is 12.4. The molecule has 0 aromatic carbocycles. The van der Waals surface area contributed by atoms with Crippen molar-refractivity contribution in [2.24, 2.45) is 0 Å². The molecule has 2 aromatic heterocycles. The minimum atomic E-state index is -4.69. The van der Waals surface area contributed by atoms with Gasteiger partial charge >= 0.3 is 19.7 Å². The molecule has 1 unspecified atom stereocenters. The lowest BCUT2D eigenvalue weighted by Crippen LogP contribution is -2.39. The lowest BCUT2D eigenvalue weighted by molar-refractivity contribution is -0.149. The summed E-state index contributed by atoms with van der Waals surface area (Å²) in [5.41, 5.74) is 6.23. The molecule has 0 saturated carbocycles. The molecule has 0 aliphatic carbocycles. The molecule has 1 aliphatic heterocycles. The average Bonchev–Trinajstić information content (AvgIpc) is 3.33. The number of imidazole rings is 1. The van der Waals surface area contributed by atoms with E-state index in [1.54, 1.807) is 0 Å². The number of esters is 2. The van der Waals surface area contributed by atoms with Gasteiger partial charge in [0.1, 0.15) is 36.2 Å². The summed E-state index contributed by atoms with van der Waals surface area (Å²) in [5, 5.41) is 22.8. The van der Waals surface area contributed by atoms with Crippen molar-refractivity contribution < 1.29 is 48.0 Å². The van der Waals surface area contributed by atoms with Crippen LogP contribution in [0.5, 0.6) is 0 Å². The highest BCUT2D eigenvalue weighted by Gasteiger charge is 2.45. The number of aliphatic hydroxyl groups excluding tert-OH is 2. The summed E-state index contributed by atoms with van der Waals surface area (Å²) in [5.74, 6) is -1.74. The average molecular weight is 490 g/mol. The smallest absolute Gasteiger partial charge is 0.403 e. The third kappa shape index (κ3) is 5.44. The molecule has 1 saturated heterocycles. The highest BCUT2D eigenvalue weighted by molar-refractivity contribution is 7.50. The van der Waals surface area contributed by atoms with E-state index in [0.717, 1.165) is 14.2 Å². The number of nitrogens with zero attached hydrogens (tertiary/aromatic N) is 4. The summed E-state index contributed by atoms with van der Waals surface area (Å²) in [6.45, 7) is -0.661. The molecule has 6 N–H and O–H groups in total. The molecule has 1 fully saturated rings. The number of carbonyl (C=O) groups excluding carboxylic acids is 2. The van der Waals surface area contributed by atoms with Crippen LogP contribution in [-0.2, 0) is 32.9 Å². The van der Waals surface area contributed by atoms with Crippen LogP contribution >= 0.6 is 7.75 Å². The minimum Gasteiger partial charge on any atom is -0.469 e. The Balaban J connectivity index is 1.68. The van der Waals surface area contributed by atoms with Crippen LogP contribution in [0.2, 0.25) is 0 Å². The van der Waals surface area contributed by atoms with Gasteiger partial charge in [0.2, 0.25) is 0 Å². The van der Waals surface area contributed by atoms with E-state index in [1.807, 2.05) is 5.09 Å². The standard InChI is InChI=1S/C16H23N6O10P/c1-29-9(23)3-7(16(26)30-2)21-33(27,28)31-4-8-11(24)12(25)15(32-8)22-6-20-10-13(17)18-5-19-14(10)22/h5-8,11-12,15,24-25H,3-4H2,1-2H3,(H2,17,18,19)(H2,21,27,28)/t7-,8-,11-,12+,15-/m0/s1. The van der Waals surface area contributed by atoms with Crippen molar-refractivity contribution >= 4 is 36.7 Å². The van der Waals surface area contributed by atoms with Crippen molar-refractivity contribution in [2.75, 3.05) is 26.6 Å². The number of hydrogen-bond acceptors (Lipinski definition) is 13. The van der Waals surface area contributed by atoms with Crippen LogP contribution in [0.1, 0.15) is 12.6 Å². The second-order valence-corrected chi connectivity index (χ2v) is 8.49. The number of nitrogens with one attached hydrogen (secondary N) is 1. The summed E-state index contributed by atoms with van der Waals surface area (Å²) in [6.07, 6.45) is -3.53. The van der Waals surface area contributed by atoms with Crippen molar-refractivity contribution in [3.8, 4) is 0 Å². The van der Waals surface area contributed by atoms with Gasteiger partial charge in [0.25, 0.3) is 0 Å². The van der Waals surface area contributed by atoms with Gasteiger partial charge in [-0.2, -0.15) is 0 Å². The Bertz CT molecular complexity index is 1070. The van der Waals surface area contributed by atoms with Crippen molar-refractivity contribution in [1.29, 1.82) is 0 Å². The van der Waals surface area contributed by atoms with Gasteiger partial charge in [-0.05, 0) is 0 Å². The van der Waals surface area contributed by atoms with Crippen LogP contribution in [0.3, 0.4) is 0 Å². The molecule has 33 heavy (non-hydrogen) atoms. The number of ether oxygens (including phenoxy) is 3. The second-order valence-electron chi connectivity index (χ2n) is 6.93. The summed E-state index contributed by atoms with van der Waals surface area (Å²) in [7, 11) is -2.59. The van der Waals surface area contributed by atoms with Gasteiger partial charge in [0.05, 0.1) is 33.6 Å². The number of anilines is 1. The van der Waals surface area contributed by atoms with Gasteiger partial charge in [-0.3, -0.25) is 18.7 Å². The molecular weight excluding hydrogens is 467 g/mol. The quantitative estimate of drug-likeness (QED) is 0.186. The largest absolute Gasteiger partial charge is 0.469 e. The zero-order valence-corrected chi connectivity index (χ0v) is 18.4. The molecule has 1 aliphatic rings. The lowest BCUT2D eigenvalue weighted by atomic mass is 10.1. The molecule has 0 amide bonds. The van der Waals surface area contributed by atoms with Gasteiger partial charge in [0, 0.05) is 0 Å². The molecule has 0 radical (unpaired) electrons. The number of aromatic nitrogens is 4. The molecule has 6 atom stereocenters. The van der Waals surface area contributed by atoms with Crippen molar-refractivity contribution in [2.45, 2.75) is 37.0 Å². The number of aliphatic hydroxyl groups is 2. The van der Waals surface area contributed by atoms with E-state index in [4.69, 9.17) is 15.0 Å². The van der Waals surface area contributed by atoms with Gasteiger partial charge in [-0.25, -0.2) is 24.6 Å². The molecular formula is C16H23N6O10P. The van der Waals surface area contributed by atoms with E-state index in [1.165, 1.54) is 17.2 Å². The van der Waals surface area contributed by atoms with E-state index >= 15 is 0 Å². The lowest BCUT2D eigenvalue weighted by Gasteiger charge is -2.21. The monoisotopic (exact) mass is 490 g/mol. The Labute approximate surface area is 186 Å². The Morgan fingerprint density at radius 2 is 2.00 bits per heavy atom. The summed E-state index contributed by atoms with van der Waals surface area (Å²) >= 11 is 0. The fraction of sp³-hybridized carbons (Fsp3) is 0.562. The van der Waals surface area contributed by atoms with Crippen LogP contribution in [0.15, 0.2) is 12.7 Å². The fourth-order valence-electron chi connectivity index (χ4n) is 3.14. The van der Waals surface area contributed by atoms with E-state index in [-0.39, 0.29) is 17.0 Å². The number of carbonyl (C=O) groups is 2. The van der Waals surface area contributed by atoms with Crippen molar-refractivity contribution in [3.63, 3.8) is 0 Å². The molecule has 3 heterocycles. The Kier molecular flexibility index (Phi) is 7.58. The molecule has 2 aromatic rings.